The average Bonchev–Trinajstić information content (AvgIpc) is 2.46. The second kappa shape index (κ2) is 2.48. The maximum absolute atomic E-state index is 10.9. The predicted molar refractivity (Wildman–Crippen MR) is 45.2 cm³/mol. The molecule has 0 radical (unpaired) electrons. The van der Waals surface area contributed by atoms with Crippen molar-refractivity contribution in [3.8, 4) is 0 Å². The quantitative estimate of drug-likeness (QED) is 0.668. The molecular formula is C8H9N3O. The lowest BCUT2D eigenvalue weighted by molar-refractivity contribution is 0.923. The van der Waals surface area contributed by atoms with E-state index in [2.05, 4.69) is 10.1 Å². The molecule has 62 valence electrons. The number of aromatic nitrogens is 3. The molecule has 2 aromatic heterocycles. The number of fused-ring (bicyclic) bond motifs is 1. The van der Waals surface area contributed by atoms with Gasteiger partial charge < -0.3 is 4.98 Å². The second-order valence-electron chi connectivity index (χ2n) is 2.65. The van der Waals surface area contributed by atoms with Crippen molar-refractivity contribution in [2.24, 2.45) is 0 Å². The summed E-state index contributed by atoms with van der Waals surface area (Å²) in [5, 5.41) is 3.92. The highest BCUT2D eigenvalue weighted by molar-refractivity contribution is 5.37. The van der Waals surface area contributed by atoms with E-state index < -0.39 is 0 Å². The molecule has 0 aromatic carbocycles. The van der Waals surface area contributed by atoms with Crippen LogP contribution in [0, 0.1) is 0 Å². The van der Waals surface area contributed by atoms with Gasteiger partial charge in [-0.1, -0.05) is 6.92 Å². The van der Waals surface area contributed by atoms with E-state index in [0.717, 1.165) is 17.8 Å². The van der Waals surface area contributed by atoms with Gasteiger partial charge >= 0.3 is 0 Å². The zero-order chi connectivity index (χ0) is 8.55. The molecule has 0 bridgehead atoms. The Morgan fingerprint density at radius 3 is 3.25 bits per heavy atom. The van der Waals surface area contributed by atoms with Gasteiger partial charge in [-0.25, -0.2) is 4.52 Å². The Hall–Kier alpha value is -1.58. The molecule has 0 amide bonds. The van der Waals surface area contributed by atoms with Crippen LogP contribution in [0.2, 0.25) is 0 Å². The van der Waals surface area contributed by atoms with E-state index >= 15 is 0 Å². The lowest BCUT2D eigenvalue weighted by Gasteiger charge is -1.86. The van der Waals surface area contributed by atoms with Crippen LogP contribution < -0.4 is 5.43 Å². The summed E-state index contributed by atoms with van der Waals surface area (Å²) in [4.78, 5) is 14.0. The molecule has 2 aromatic rings. The van der Waals surface area contributed by atoms with Crippen molar-refractivity contribution in [2.45, 2.75) is 13.3 Å². The van der Waals surface area contributed by atoms with Crippen molar-refractivity contribution in [3.63, 3.8) is 0 Å². The Morgan fingerprint density at radius 2 is 2.50 bits per heavy atom. The smallest absolute Gasteiger partial charge is 0.202 e. The van der Waals surface area contributed by atoms with Crippen LogP contribution in [0.5, 0.6) is 0 Å². The molecule has 0 aliphatic carbocycles. The molecule has 0 aliphatic rings. The maximum atomic E-state index is 10.9. The third-order valence-electron chi connectivity index (χ3n) is 1.78. The first-order valence-electron chi connectivity index (χ1n) is 3.86. The molecule has 0 unspecified atom stereocenters. The van der Waals surface area contributed by atoms with Gasteiger partial charge in [-0.3, -0.25) is 4.79 Å². The molecular weight excluding hydrogens is 154 g/mol. The first-order chi connectivity index (χ1) is 5.79. The van der Waals surface area contributed by atoms with Crippen LogP contribution in [0.4, 0.5) is 0 Å². The number of nitrogens with one attached hydrogen (secondary N) is 1. The Labute approximate surface area is 68.8 Å². The number of aromatic amines is 1. The summed E-state index contributed by atoms with van der Waals surface area (Å²) in [6.07, 6.45) is 4.10. The number of hydrogen-bond acceptors (Lipinski definition) is 2. The lowest BCUT2D eigenvalue weighted by atomic mass is 10.4. The summed E-state index contributed by atoms with van der Waals surface area (Å²) in [6.45, 7) is 2.05. The lowest BCUT2D eigenvalue weighted by Crippen LogP contribution is -2.01. The zero-order valence-electron chi connectivity index (χ0n) is 6.74. The fraction of sp³-hybridized carbons (Fsp3) is 0.250. The van der Waals surface area contributed by atoms with E-state index in [9.17, 15) is 4.79 Å². The molecule has 0 saturated carbocycles. The molecule has 2 rings (SSSR count). The van der Waals surface area contributed by atoms with Gasteiger partial charge in [-0.2, -0.15) is 5.10 Å². The number of hydrogen-bond donors (Lipinski definition) is 1. The van der Waals surface area contributed by atoms with E-state index in [4.69, 9.17) is 0 Å². The number of imidazole rings is 1. The van der Waals surface area contributed by atoms with Crippen LogP contribution in [0.3, 0.4) is 0 Å². The highest BCUT2D eigenvalue weighted by Gasteiger charge is 1.97. The Kier molecular flexibility index (Phi) is 1.46. The molecule has 1 N–H and O–H groups in total. The first-order valence-corrected chi connectivity index (χ1v) is 3.86. The Bertz CT molecular complexity index is 455. The van der Waals surface area contributed by atoms with Crippen molar-refractivity contribution in [3.05, 3.63) is 34.4 Å². The summed E-state index contributed by atoms with van der Waals surface area (Å²) in [6, 6.07) is 1.53. The number of aryl methyl sites for hydroxylation is 1. The summed E-state index contributed by atoms with van der Waals surface area (Å²) in [5.74, 6) is 0. The minimum absolute atomic E-state index is 0.0699. The molecule has 0 fully saturated rings. The van der Waals surface area contributed by atoms with Crippen LogP contribution in [0.15, 0.2) is 23.3 Å². The molecule has 0 atom stereocenters. The molecule has 0 aliphatic heterocycles. The zero-order valence-corrected chi connectivity index (χ0v) is 6.74. The van der Waals surface area contributed by atoms with Gasteiger partial charge in [0.25, 0.3) is 0 Å². The number of H-pyrrole nitrogens is 1. The van der Waals surface area contributed by atoms with Crippen LogP contribution >= 0.6 is 0 Å². The summed E-state index contributed by atoms with van der Waals surface area (Å²) < 4.78 is 1.67. The molecule has 2 heterocycles. The molecule has 4 nitrogen and oxygen atoms in total. The Morgan fingerprint density at radius 1 is 1.67 bits per heavy atom. The standard InChI is InChI=1S/C8H9N3O/c1-2-6-5-11-8(10-6)3-7(12)4-9-11/h3-5,10H,2H2,1H3. The van der Waals surface area contributed by atoms with E-state index in [1.807, 2.05) is 13.1 Å². The van der Waals surface area contributed by atoms with Crippen LogP contribution in [0.25, 0.3) is 5.65 Å². The van der Waals surface area contributed by atoms with Gasteiger partial charge in [-0.15, -0.1) is 0 Å². The minimum atomic E-state index is -0.0699. The molecule has 0 spiro atoms. The summed E-state index contributed by atoms with van der Waals surface area (Å²) in [5.41, 5.74) is 1.76. The third-order valence-corrected chi connectivity index (χ3v) is 1.78. The Balaban J connectivity index is 2.75. The van der Waals surface area contributed by atoms with E-state index in [0.29, 0.717) is 0 Å². The number of nitrogens with zero attached hydrogens (tertiary/aromatic N) is 2. The largest absolute Gasteiger partial charge is 0.342 e. The van der Waals surface area contributed by atoms with Gasteiger partial charge in [0, 0.05) is 11.8 Å². The minimum Gasteiger partial charge on any atom is -0.342 e. The highest BCUT2D eigenvalue weighted by atomic mass is 16.1. The van der Waals surface area contributed by atoms with Gasteiger partial charge in [0.2, 0.25) is 5.43 Å². The van der Waals surface area contributed by atoms with Crippen LogP contribution in [-0.2, 0) is 6.42 Å². The van der Waals surface area contributed by atoms with Gasteiger partial charge in [0.1, 0.15) is 5.65 Å². The summed E-state index contributed by atoms with van der Waals surface area (Å²) >= 11 is 0. The van der Waals surface area contributed by atoms with Gasteiger partial charge in [0.05, 0.1) is 12.4 Å². The van der Waals surface area contributed by atoms with E-state index in [1.54, 1.807) is 4.52 Å². The fourth-order valence-corrected chi connectivity index (χ4v) is 1.14. The predicted octanol–water partition coefficient (Wildman–Crippen LogP) is 0.585. The fourth-order valence-electron chi connectivity index (χ4n) is 1.14. The van der Waals surface area contributed by atoms with Crippen molar-refractivity contribution >= 4 is 5.65 Å². The van der Waals surface area contributed by atoms with Crippen molar-refractivity contribution in [1.29, 1.82) is 0 Å². The second-order valence-corrected chi connectivity index (χ2v) is 2.65. The molecule has 0 saturated heterocycles. The topological polar surface area (TPSA) is 50.2 Å². The summed E-state index contributed by atoms with van der Waals surface area (Å²) in [7, 11) is 0. The van der Waals surface area contributed by atoms with E-state index in [1.165, 1.54) is 12.3 Å². The average molecular weight is 163 g/mol. The van der Waals surface area contributed by atoms with Crippen molar-refractivity contribution in [2.75, 3.05) is 0 Å². The number of rotatable bonds is 1. The molecule has 4 heteroatoms. The SMILES string of the molecule is CCc1cn2ncc(=O)cc2[nH]1. The normalized spacial score (nSPS) is 10.8. The first kappa shape index (κ1) is 7.09. The monoisotopic (exact) mass is 163 g/mol. The molecule has 12 heavy (non-hydrogen) atoms. The van der Waals surface area contributed by atoms with Gasteiger partial charge in [-0.05, 0) is 6.42 Å². The van der Waals surface area contributed by atoms with Gasteiger partial charge in [0.15, 0.2) is 0 Å². The van der Waals surface area contributed by atoms with E-state index in [-0.39, 0.29) is 5.43 Å². The highest BCUT2D eigenvalue weighted by Crippen LogP contribution is 2.00. The third kappa shape index (κ3) is 1.01. The van der Waals surface area contributed by atoms with Crippen molar-refractivity contribution < 1.29 is 0 Å². The van der Waals surface area contributed by atoms with Crippen LogP contribution in [-0.4, -0.2) is 14.6 Å². The maximum Gasteiger partial charge on any atom is 0.202 e. The van der Waals surface area contributed by atoms with Crippen LogP contribution in [0.1, 0.15) is 12.6 Å². The van der Waals surface area contributed by atoms with Crippen molar-refractivity contribution in [1.82, 2.24) is 14.6 Å².